The quantitative estimate of drug-likeness (QED) is 0.486. The first-order valence-corrected chi connectivity index (χ1v) is 4.56. The fourth-order valence-electron chi connectivity index (χ4n) is 0.830. The summed E-state index contributed by atoms with van der Waals surface area (Å²) in [5.74, 6) is -1.68. The van der Waals surface area contributed by atoms with E-state index in [1.54, 1.807) is 0 Å². The maximum atomic E-state index is 13.2. The van der Waals surface area contributed by atoms with Gasteiger partial charge in [-0.1, -0.05) is 0 Å². The van der Waals surface area contributed by atoms with Crippen LogP contribution in [0.2, 0.25) is 0 Å². The number of hydrogen-bond acceptors (Lipinski definition) is 2. The van der Waals surface area contributed by atoms with Gasteiger partial charge in [-0.3, -0.25) is 0 Å². The largest absolute Gasteiger partial charge is 0.369 e. The second kappa shape index (κ2) is 4.83. The van der Waals surface area contributed by atoms with Crippen LogP contribution in [-0.2, 0) is 0 Å². The van der Waals surface area contributed by atoms with E-state index in [1.807, 2.05) is 0 Å². The molecule has 1 aromatic rings. The van der Waals surface area contributed by atoms with Crippen LogP contribution in [0.25, 0.3) is 0 Å². The molecule has 0 atom stereocenters. The van der Waals surface area contributed by atoms with Crippen LogP contribution in [0.1, 0.15) is 5.56 Å². The van der Waals surface area contributed by atoms with Crippen molar-refractivity contribution in [3.8, 4) is 0 Å². The first kappa shape index (κ1) is 11.6. The van der Waals surface area contributed by atoms with Gasteiger partial charge in [-0.2, -0.15) is 5.10 Å². The predicted octanol–water partition coefficient (Wildman–Crippen LogP) is 1.33. The Morgan fingerprint density at radius 3 is 2.53 bits per heavy atom. The molecule has 0 aromatic heterocycles. The highest BCUT2D eigenvalue weighted by Crippen LogP contribution is 2.19. The standard InChI is InChI=1S/C8H7BrF2N4/c9-6-1-4(10)2-7(11)5(6)3-14-15-8(12)13/h1-3H,(H4,12,13,15). The molecule has 4 nitrogen and oxygen atoms in total. The molecule has 0 radical (unpaired) electrons. The number of guanidine groups is 1. The molecule has 0 unspecified atom stereocenters. The Bertz CT molecular complexity index is 404. The van der Waals surface area contributed by atoms with Crippen molar-refractivity contribution in [2.45, 2.75) is 0 Å². The molecule has 0 aliphatic rings. The Morgan fingerprint density at radius 1 is 1.33 bits per heavy atom. The normalized spacial score (nSPS) is 10.6. The van der Waals surface area contributed by atoms with E-state index in [0.29, 0.717) is 0 Å². The second-order valence-electron chi connectivity index (χ2n) is 2.55. The average molecular weight is 277 g/mol. The van der Waals surface area contributed by atoms with Crippen LogP contribution >= 0.6 is 15.9 Å². The molecule has 1 aromatic carbocycles. The summed E-state index contributed by atoms with van der Waals surface area (Å²) in [4.78, 5) is 0. The van der Waals surface area contributed by atoms with Crippen LogP contribution in [0, 0.1) is 11.6 Å². The van der Waals surface area contributed by atoms with Gasteiger partial charge in [-0.25, -0.2) is 8.78 Å². The van der Waals surface area contributed by atoms with E-state index in [0.717, 1.165) is 18.3 Å². The average Bonchev–Trinajstić information content (AvgIpc) is 2.08. The number of halogens is 3. The lowest BCUT2D eigenvalue weighted by atomic mass is 10.2. The van der Waals surface area contributed by atoms with Crippen LogP contribution < -0.4 is 11.5 Å². The van der Waals surface area contributed by atoms with Gasteiger partial charge in [0.05, 0.1) is 6.21 Å². The van der Waals surface area contributed by atoms with E-state index in [4.69, 9.17) is 11.5 Å². The van der Waals surface area contributed by atoms with Crippen molar-refractivity contribution in [2.75, 3.05) is 0 Å². The lowest BCUT2D eigenvalue weighted by Gasteiger charge is -1.99. The van der Waals surface area contributed by atoms with Crippen LogP contribution in [0.5, 0.6) is 0 Å². The van der Waals surface area contributed by atoms with E-state index in [2.05, 4.69) is 26.1 Å². The highest BCUT2D eigenvalue weighted by atomic mass is 79.9. The molecule has 0 spiro atoms. The minimum absolute atomic E-state index is 0.0707. The Hall–Kier alpha value is -1.50. The maximum absolute atomic E-state index is 13.2. The monoisotopic (exact) mass is 276 g/mol. The molecular weight excluding hydrogens is 270 g/mol. The first-order valence-electron chi connectivity index (χ1n) is 3.77. The fraction of sp³-hybridized carbons (Fsp3) is 0. The van der Waals surface area contributed by atoms with Gasteiger partial charge in [-0.15, -0.1) is 5.10 Å². The Morgan fingerprint density at radius 2 is 2.00 bits per heavy atom. The second-order valence-corrected chi connectivity index (χ2v) is 3.41. The van der Waals surface area contributed by atoms with Crippen LogP contribution in [0.4, 0.5) is 8.78 Å². The molecule has 1 rings (SSSR count). The summed E-state index contributed by atoms with van der Waals surface area (Å²) in [7, 11) is 0. The van der Waals surface area contributed by atoms with Gasteiger partial charge in [-0.05, 0) is 22.0 Å². The molecule has 0 bridgehead atoms. The summed E-state index contributed by atoms with van der Waals surface area (Å²) in [6.45, 7) is 0. The van der Waals surface area contributed by atoms with E-state index in [9.17, 15) is 8.78 Å². The molecular formula is C8H7BrF2N4. The van der Waals surface area contributed by atoms with Crippen molar-refractivity contribution in [2.24, 2.45) is 21.7 Å². The van der Waals surface area contributed by atoms with Crippen LogP contribution in [0.15, 0.2) is 26.8 Å². The summed E-state index contributed by atoms with van der Waals surface area (Å²) >= 11 is 2.98. The lowest BCUT2D eigenvalue weighted by Crippen LogP contribution is -2.21. The number of benzene rings is 1. The molecule has 15 heavy (non-hydrogen) atoms. The summed E-state index contributed by atoms with van der Waals surface area (Å²) in [6, 6.07) is 1.85. The van der Waals surface area contributed by atoms with Crippen molar-refractivity contribution in [1.29, 1.82) is 0 Å². The summed E-state index contributed by atoms with van der Waals surface area (Å²) < 4.78 is 26.1. The Balaban J connectivity index is 3.05. The predicted molar refractivity (Wildman–Crippen MR) is 57.5 cm³/mol. The zero-order chi connectivity index (χ0) is 11.4. The van der Waals surface area contributed by atoms with Crippen molar-refractivity contribution in [3.05, 3.63) is 33.8 Å². The highest BCUT2D eigenvalue weighted by molar-refractivity contribution is 9.10. The van der Waals surface area contributed by atoms with E-state index >= 15 is 0 Å². The van der Waals surface area contributed by atoms with E-state index in [1.165, 1.54) is 0 Å². The van der Waals surface area contributed by atoms with Gasteiger partial charge in [0.1, 0.15) is 11.6 Å². The summed E-state index contributed by atoms with van der Waals surface area (Å²) in [5, 5.41) is 6.70. The molecule has 0 aliphatic carbocycles. The zero-order valence-corrected chi connectivity index (χ0v) is 9.00. The van der Waals surface area contributed by atoms with Gasteiger partial charge in [0.15, 0.2) is 0 Å². The van der Waals surface area contributed by atoms with Crippen molar-refractivity contribution in [3.63, 3.8) is 0 Å². The SMILES string of the molecule is NC(N)=NN=Cc1c(F)cc(F)cc1Br. The number of hydrogen-bond donors (Lipinski definition) is 2. The molecule has 80 valence electrons. The topological polar surface area (TPSA) is 76.8 Å². The molecule has 0 amide bonds. The summed E-state index contributed by atoms with van der Waals surface area (Å²) in [6.07, 6.45) is 1.08. The number of nitrogens with two attached hydrogens (primary N) is 2. The molecule has 7 heteroatoms. The van der Waals surface area contributed by atoms with Crippen LogP contribution in [0.3, 0.4) is 0 Å². The molecule has 0 fully saturated rings. The summed E-state index contributed by atoms with van der Waals surface area (Å²) in [5.41, 5.74) is 10.1. The molecule has 0 saturated carbocycles. The van der Waals surface area contributed by atoms with Crippen molar-refractivity contribution >= 4 is 28.1 Å². The van der Waals surface area contributed by atoms with Gasteiger partial charge < -0.3 is 11.5 Å². The minimum atomic E-state index is -0.753. The van der Waals surface area contributed by atoms with E-state index in [-0.39, 0.29) is 16.0 Å². The van der Waals surface area contributed by atoms with Crippen molar-refractivity contribution in [1.82, 2.24) is 0 Å². The minimum Gasteiger partial charge on any atom is -0.369 e. The van der Waals surface area contributed by atoms with E-state index < -0.39 is 11.6 Å². The third-order valence-corrected chi connectivity index (χ3v) is 2.06. The maximum Gasteiger partial charge on any atom is 0.211 e. The molecule has 0 aliphatic heterocycles. The molecule has 0 saturated heterocycles. The highest BCUT2D eigenvalue weighted by Gasteiger charge is 2.06. The fourth-order valence-corrected chi connectivity index (χ4v) is 1.34. The van der Waals surface area contributed by atoms with Gasteiger partial charge in [0, 0.05) is 16.1 Å². The van der Waals surface area contributed by atoms with Crippen LogP contribution in [-0.4, -0.2) is 12.2 Å². The third-order valence-electron chi connectivity index (χ3n) is 1.40. The first-order chi connectivity index (χ1) is 7.00. The third kappa shape index (κ3) is 3.28. The molecule has 4 N–H and O–H groups in total. The lowest BCUT2D eigenvalue weighted by molar-refractivity contribution is 0.580. The smallest absolute Gasteiger partial charge is 0.211 e. The number of nitrogens with zero attached hydrogens (tertiary/aromatic N) is 2. The zero-order valence-electron chi connectivity index (χ0n) is 7.42. The molecule has 0 heterocycles. The van der Waals surface area contributed by atoms with Gasteiger partial charge in [0.25, 0.3) is 0 Å². The Kier molecular flexibility index (Phi) is 3.73. The van der Waals surface area contributed by atoms with Gasteiger partial charge >= 0.3 is 0 Å². The number of rotatable bonds is 2. The van der Waals surface area contributed by atoms with Crippen molar-refractivity contribution < 1.29 is 8.78 Å². The van der Waals surface area contributed by atoms with Gasteiger partial charge in [0.2, 0.25) is 5.96 Å². The Labute approximate surface area is 92.8 Å².